The van der Waals surface area contributed by atoms with E-state index >= 15 is 0 Å². The van der Waals surface area contributed by atoms with Crippen LogP contribution in [0, 0.1) is 11.6 Å². The molecule has 0 radical (unpaired) electrons. The second-order valence-corrected chi connectivity index (χ2v) is 3.46. The lowest BCUT2D eigenvalue weighted by molar-refractivity contribution is 0.355. The van der Waals surface area contributed by atoms with E-state index in [1.807, 2.05) is 0 Å². The predicted molar refractivity (Wildman–Crippen MR) is 53.9 cm³/mol. The summed E-state index contributed by atoms with van der Waals surface area (Å²) in [6.07, 6.45) is -0.761. The largest absolute Gasteiger partial charge is 0.307 e. The van der Waals surface area contributed by atoms with Gasteiger partial charge in [0.2, 0.25) is 0 Å². The van der Waals surface area contributed by atoms with Crippen molar-refractivity contribution in [3.63, 3.8) is 0 Å². The first-order chi connectivity index (χ1) is 6.66. The van der Waals surface area contributed by atoms with Crippen LogP contribution in [0.2, 0.25) is 0 Å². The van der Waals surface area contributed by atoms with Gasteiger partial charge in [0.15, 0.2) is 0 Å². The van der Waals surface area contributed by atoms with E-state index in [0.717, 1.165) is 18.2 Å². The van der Waals surface area contributed by atoms with Crippen molar-refractivity contribution in [3.05, 3.63) is 35.4 Å². The van der Waals surface area contributed by atoms with E-state index in [1.165, 1.54) is 0 Å². The summed E-state index contributed by atoms with van der Waals surface area (Å²) in [6, 6.07) is 2.84. The highest BCUT2D eigenvalue weighted by atomic mass is 35.5. The molecule has 1 heterocycles. The van der Waals surface area contributed by atoms with Crippen LogP contribution >= 0.6 is 12.4 Å². The van der Waals surface area contributed by atoms with Gasteiger partial charge in [-0.1, -0.05) is 0 Å². The maximum Gasteiger partial charge on any atom is 0.128 e. The van der Waals surface area contributed by atoms with Crippen molar-refractivity contribution in [2.75, 3.05) is 6.54 Å². The molecule has 15 heavy (non-hydrogen) atoms. The van der Waals surface area contributed by atoms with E-state index in [4.69, 9.17) is 0 Å². The molecule has 1 saturated heterocycles. The number of hydrogen-bond acceptors (Lipinski definition) is 1. The van der Waals surface area contributed by atoms with E-state index in [-0.39, 0.29) is 30.9 Å². The van der Waals surface area contributed by atoms with Crippen molar-refractivity contribution >= 4 is 12.4 Å². The van der Waals surface area contributed by atoms with Gasteiger partial charge in [-0.2, -0.15) is 0 Å². The summed E-state index contributed by atoms with van der Waals surface area (Å²) in [5.41, 5.74) is 0.213. The number of benzene rings is 1. The number of hydrogen-bond donors (Lipinski definition) is 1. The van der Waals surface area contributed by atoms with Crippen LogP contribution in [0.1, 0.15) is 18.0 Å². The lowest BCUT2D eigenvalue weighted by atomic mass is 10.0. The zero-order valence-electron chi connectivity index (χ0n) is 7.84. The Hall–Kier alpha value is -0.740. The highest BCUT2D eigenvalue weighted by Gasteiger charge is 2.26. The van der Waals surface area contributed by atoms with Crippen LogP contribution in [-0.2, 0) is 0 Å². The van der Waals surface area contributed by atoms with Gasteiger partial charge in [-0.05, 0) is 24.6 Å². The minimum absolute atomic E-state index is 0. The fourth-order valence-electron chi connectivity index (χ4n) is 1.71. The zero-order valence-corrected chi connectivity index (χ0v) is 8.66. The molecular weight excluding hydrogens is 227 g/mol. The Labute approximate surface area is 92.1 Å². The van der Waals surface area contributed by atoms with Crippen LogP contribution in [0.5, 0.6) is 0 Å². The predicted octanol–water partition coefficient (Wildman–Crippen LogP) is 2.76. The second-order valence-electron chi connectivity index (χ2n) is 3.46. The van der Waals surface area contributed by atoms with Crippen molar-refractivity contribution in [2.45, 2.75) is 18.6 Å². The Bertz CT molecular complexity index is 345. The standard InChI is InChI=1S/C10H10F3N.ClH/c11-6-1-2-9(13)8(3-6)10-4-7(12)5-14-10;/h1-3,7,10,14H,4-5H2;1H/t7-,10-;/m1./s1. The van der Waals surface area contributed by atoms with Gasteiger partial charge in [0.1, 0.15) is 17.8 Å². The third kappa shape index (κ3) is 2.63. The van der Waals surface area contributed by atoms with Crippen molar-refractivity contribution in [2.24, 2.45) is 0 Å². The van der Waals surface area contributed by atoms with Crippen LogP contribution in [0.3, 0.4) is 0 Å². The van der Waals surface area contributed by atoms with Gasteiger partial charge in [-0.3, -0.25) is 0 Å². The molecule has 2 atom stereocenters. The lowest BCUT2D eigenvalue weighted by Crippen LogP contribution is -2.15. The fourth-order valence-corrected chi connectivity index (χ4v) is 1.71. The molecule has 5 heteroatoms. The third-order valence-corrected chi connectivity index (χ3v) is 2.41. The van der Waals surface area contributed by atoms with Crippen LogP contribution in [0.4, 0.5) is 13.2 Å². The Morgan fingerprint density at radius 1 is 1.27 bits per heavy atom. The summed E-state index contributed by atoms with van der Waals surface area (Å²) < 4.78 is 38.8. The number of rotatable bonds is 1. The number of nitrogens with one attached hydrogen (secondary N) is 1. The fraction of sp³-hybridized carbons (Fsp3) is 0.400. The van der Waals surface area contributed by atoms with E-state index < -0.39 is 23.8 Å². The van der Waals surface area contributed by atoms with Gasteiger partial charge < -0.3 is 5.32 Å². The van der Waals surface area contributed by atoms with Crippen molar-refractivity contribution < 1.29 is 13.2 Å². The van der Waals surface area contributed by atoms with Gasteiger partial charge in [-0.25, -0.2) is 13.2 Å². The molecule has 1 N–H and O–H groups in total. The van der Waals surface area contributed by atoms with Crippen molar-refractivity contribution in [1.82, 2.24) is 5.32 Å². The topological polar surface area (TPSA) is 12.0 Å². The summed E-state index contributed by atoms with van der Waals surface area (Å²) in [5, 5.41) is 2.81. The average molecular weight is 238 g/mol. The molecule has 1 aromatic rings. The van der Waals surface area contributed by atoms with E-state index in [2.05, 4.69) is 5.32 Å². The SMILES string of the molecule is Cl.Fc1ccc(F)c([C@H]2C[C@@H](F)CN2)c1. The maximum atomic E-state index is 13.2. The van der Waals surface area contributed by atoms with Gasteiger partial charge in [0.05, 0.1) is 0 Å². The van der Waals surface area contributed by atoms with Gasteiger partial charge >= 0.3 is 0 Å². The van der Waals surface area contributed by atoms with Gasteiger partial charge in [-0.15, -0.1) is 12.4 Å². The van der Waals surface area contributed by atoms with Crippen molar-refractivity contribution in [1.29, 1.82) is 0 Å². The highest BCUT2D eigenvalue weighted by Crippen LogP contribution is 2.27. The monoisotopic (exact) mass is 237 g/mol. The molecule has 1 aromatic carbocycles. The number of halogens is 4. The normalized spacial score (nSPS) is 25.0. The average Bonchev–Trinajstić information content (AvgIpc) is 2.56. The first-order valence-corrected chi connectivity index (χ1v) is 4.49. The highest BCUT2D eigenvalue weighted by molar-refractivity contribution is 5.85. The minimum atomic E-state index is -0.970. The Balaban J connectivity index is 0.00000112. The van der Waals surface area contributed by atoms with E-state index in [0.29, 0.717) is 0 Å². The van der Waals surface area contributed by atoms with Gasteiger partial charge in [0, 0.05) is 18.2 Å². The first-order valence-electron chi connectivity index (χ1n) is 4.49. The molecule has 2 rings (SSSR count). The Kier molecular flexibility index (Phi) is 3.99. The molecule has 0 saturated carbocycles. The van der Waals surface area contributed by atoms with Crippen LogP contribution in [-0.4, -0.2) is 12.7 Å². The molecule has 0 bridgehead atoms. The molecule has 1 nitrogen and oxygen atoms in total. The smallest absolute Gasteiger partial charge is 0.128 e. The minimum Gasteiger partial charge on any atom is -0.307 e. The first kappa shape index (κ1) is 12.3. The summed E-state index contributed by atoms with van der Waals surface area (Å²) in [6.45, 7) is 0.209. The Morgan fingerprint density at radius 2 is 2.00 bits per heavy atom. The summed E-state index contributed by atoms with van der Waals surface area (Å²) in [4.78, 5) is 0. The third-order valence-electron chi connectivity index (χ3n) is 2.41. The van der Waals surface area contributed by atoms with Crippen molar-refractivity contribution in [3.8, 4) is 0 Å². The molecule has 1 aliphatic heterocycles. The van der Waals surface area contributed by atoms with E-state index in [1.54, 1.807) is 0 Å². The number of alkyl halides is 1. The molecule has 1 fully saturated rings. The maximum absolute atomic E-state index is 13.2. The molecule has 1 aliphatic rings. The zero-order chi connectivity index (χ0) is 10.1. The van der Waals surface area contributed by atoms with E-state index in [9.17, 15) is 13.2 Å². The van der Waals surface area contributed by atoms with Crippen LogP contribution < -0.4 is 5.32 Å². The summed E-state index contributed by atoms with van der Waals surface area (Å²) in [7, 11) is 0. The van der Waals surface area contributed by atoms with Crippen LogP contribution in [0.25, 0.3) is 0 Å². The molecule has 0 unspecified atom stereocenters. The summed E-state index contributed by atoms with van der Waals surface area (Å²) >= 11 is 0. The molecule has 0 spiro atoms. The second kappa shape index (κ2) is 4.86. The molecule has 84 valence electrons. The lowest BCUT2D eigenvalue weighted by Gasteiger charge is -2.10. The molecular formula is C10H11ClF3N. The quantitative estimate of drug-likeness (QED) is 0.792. The molecule has 0 aliphatic carbocycles. The van der Waals surface area contributed by atoms with Gasteiger partial charge in [0.25, 0.3) is 0 Å². The van der Waals surface area contributed by atoms with Crippen LogP contribution in [0.15, 0.2) is 18.2 Å². The molecule has 0 aromatic heterocycles. The molecule has 0 amide bonds. The summed E-state index contributed by atoms with van der Waals surface area (Å²) in [5.74, 6) is -0.983. The Morgan fingerprint density at radius 3 is 2.60 bits per heavy atom.